The minimum atomic E-state index is -0.110. The number of phenolic OH excluding ortho intramolecular Hbond substituents is 1. The van der Waals surface area contributed by atoms with E-state index in [1.807, 2.05) is 48.5 Å². The molecule has 0 saturated carbocycles. The molecule has 0 atom stereocenters. The minimum Gasteiger partial charge on any atom is -0.508 e. The number of benzene rings is 3. The van der Waals surface area contributed by atoms with Gasteiger partial charge in [-0.2, -0.15) is 0 Å². The highest BCUT2D eigenvalue weighted by Gasteiger charge is 2.20. The van der Waals surface area contributed by atoms with Gasteiger partial charge in [-0.15, -0.1) is 16.4 Å². The maximum Gasteiger partial charge on any atom is 0.185 e. The van der Waals surface area contributed by atoms with Crippen molar-refractivity contribution in [3.8, 4) is 33.4 Å². The zero-order valence-corrected chi connectivity index (χ0v) is 18.6. The first-order chi connectivity index (χ1) is 16.0. The summed E-state index contributed by atoms with van der Waals surface area (Å²) in [5.41, 5.74) is 3.69. The average molecular weight is 453 g/mol. The molecule has 0 amide bonds. The highest BCUT2D eigenvalue weighted by atomic mass is 32.1. The standard InChI is InChI=1S/C26H20N4O2S/c1-3-19(16(2)31)25-28-24(20-8-4-6-10-22(20)32)29-30(25)18-14-12-17(13-15-18)26-27-21-9-5-7-11-23(21)33-26/h3-15,31-32H,2H2,1H3/b19-3+. The molecular weight excluding hydrogens is 432 g/mol. The lowest BCUT2D eigenvalue weighted by molar-refractivity contribution is 0.439. The van der Waals surface area contributed by atoms with Crippen LogP contribution in [0.25, 0.3) is 43.4 Å². The zero-order chi connectivity index (χ0) is 22.9. The average Bonchev–Trinajstić information content (AvgIpc) is 3.45. The monoisotopic (exact) mass is 452 g/mol. The molecule has 7 heteroatoms. The number of aliphatic hydroxyl groups is 1. The van der Waals surface area contributed by atoms with Crippen LogP contribution in [0.15, 0.2) is 91.2 Å². The van der Waals surface area contributed by atoms with Crippen LogP contribution < -0.4 is 0 Å². The summed E-state index contributed by atoms with van der Waals surface area (Å²) in [6, 6.07) is 22.8. The van der Waals surface area contributed by atoms with Crippen LogP contribution in [0.5, 0.6) is 5.75 Å². The van der Waals surface area contributed by atoms with Crippen molar-refractivity contribution >= 4 is 27.1 Å². The second kappa shape index (κ2) is 8.37. The summed E-state index contributed by atoms with van der Waals surface area (Å²) in [5, 5.41) is 26.0. The summed E-state index contributed by atoms with van der Waals surface area (Å²) >= 11 is 1.64. The van der Waals surface area contributed by atoms with Gasteiger partial charge in [-0.05, 0) is 55.5 Å². The van der Waals surface area contributed by atoms with Gasteiger partial charge in [0.2, 0.25) is 0 Å². The van der Waals surface area contributed by atoms with Gasteiger partial charge in [-0.25, -0.2) is 14.6 Å². The lowest BCUT2D eigenvalue weighted by atomic mass is 10.1. The Balaban J connectivity index is 1.60. The number of aromatic hydroxyl groups is 1. The molecular formula is C26H20N4O2S. The van der Waals surface area contributed by atoms with E-state index in [2.05, 4.69) is 22.7 Å². The van der Waals surface area contributed by atoms with Crippen LogP contribution in [0.3, 0.4) is 0 Å². The van der Waals surface area contributed by atoms with Crippen molar-refractivity contribution in [2.24, 2.45) is 0 Å². The maximum absolute atomic E-state index is 10.3. The van der Waals surface area contributed by atoms with Crippen LogP contribution in [-0.2, 0) is 0 Å². The highest BCUT2D eigenvalue weighted by Crippen LogP contribution is 2.32. The molecule has 5 rings (SSSR count). The Kier molecular flexibility index (Phi) is 5.24. The van der Waals surface area contributed by atoms with E-state index in [1.54, 1.807) is 47.2 Å². The van der Waals surface area contributed by atoms with Gasteiger partial charge >= 0.3 is 0 Å². The van der Waals surface area contributed by atoms with Crippen LogP contribution >= 0.6 is 11.3 Å². The number of thiazole rings is 1. The molecule has 6 nitrogen and oxygen atoms in total. The fourth-order valence-electron chi connectivity index (χ4n) is 3.61. The molecule has 5 aromatic rings. The summed E-state index contributed by atoms with van der Waals surface area (Å²) < 4.78 is 2.78. The van der Waals surface area contributed by atoms with E-state index in [4.69, 9.17) is 4.98 Å². The first-order valence-corrected chi connectivity index (χ1v) is 11.1. The Labute approximate surface area is 194 Å². The smallest absolute Gasteiger partial charge is 0.185 e. The summed E-state index contributed by atoms with van der Waals surface area (Å²) in [4.78, 5) is 9.34. The van der Waals surface area contributed by atoms with E-state index < -0.39 is 0 Å². The summed E-state index contributed by atoms with van der Waals surface area (Å²) in [7, 11) is 0. The lowest BCUT2D eigenvalue weighted by Gasteiger charge is -2.08. The van der Waals surface area contributed by atoms with Crippen LogP contribution in [0.2, 0.25) is 0 Å². The van der Waals surface area contributed by atoms with Crippen molar-refractivity contribution in [3.05, 3.63) is 97.0 Å². The number of allylic oxidation sites excluding steroid dienone is 2. The molecule has 0 unspecified atom stereocenters. The number of hydrogen-bond acceptors (Lipinski definition) is 6. The number of nitrogens with zero attached hydrogens (tertiary/aromatic N) is 4. The van der Waals surface area contributed by atoms with Crippen molar-refractivity contribution in [3.63, 3.8) is 0 Å². The molecule has 3 aromatic carbocycles. The van der Waals surface area contributed by atoms with Crippen molar-refractivity contribution in [1.29, 1.82) is 0 Å². The Bertz CT molecular complexity index is 1480. The normalized spacial score (nSPS) is 11.7. The van der Waals surface area contributed by atoms with Crippen LogP contribution in [-0.4, -0.2) is 30.0 Å². The summed E-state index contributed by atoms with van der Waals surface area (Å²) in [5.74, 6) is 0.744. The van der Waals surface area contributed by atoms with Crippen molar-refractivity contribution in [1.82, 2.24) is 19.7 Å². The van der Waals surface area contributed by atoms with E-state index in [-0.39, 0.29) is 11.5 Å². The number of para-hydroxylation sites is 2. The first-order valence-electron chi connectivity index (χ1n) is 10.3. The van der Waals surface area contributed by atoms with Crippen LogP contribution in [0, 0.1) is 0 Å². The molecule has 0 aliphatic carbocycles. The fourth-order valence-corrected chi connectivity index (χ4v) is 4.58. The fraction of sp³-hybridized carbons (Fsp3) is 0.0385. The maximum atomic E-state index is 10.3. The quantitative estimate of drug-likeness (QED) is 0.238. The molecule has 0 aliphatic heterocycles. The second-order valence-electron chi connectivity index (χ2n) is 7.37. The van der Waals surface area contributed by atoms with Crippen molar-refractivity contribution < 1.29 is 10.2 Å². The topological polar surface area (TPSA) is 84.1 Å². The first kappa shape index (κ1) is 20.7. The van der Waals surface area contributed by atoms with Crippen LogP contribution in [0.4, 0.5) is 0 Å². The molecule has 0 aliphatic rings. The third kappa shape index (κ3) is 3.79. The largest absolute Gasteiger partial charge is 0.508 e. The van der Waals surface area contributed by atoms with E-state index >= 15 is 0 Å². The Morgan fingerprint density at radius 2 is 1.70 bits per heavy atom. The van der Waals surface area contributed by atoms with E-state index in [9.17, 15) is 10.2 Å². The number of aromatic nitrogens is 4. The molecule has 33 heavy (non-hydrogen) atoms. The summed E-state index contributed by atoms with van der Waals surface area (Å²) in [6.45, 7) is 5.46. The van der Waals surface area contributed by atoms with Gasteiger partial charge in [-0.1, -0.05) is 36.9 Å². The molecule has 0 bridgehead atoms. The Morgan fingerprint density at radius 3 is 2.39 bits per heavy atom. The Morgan fingerprint density at radius 1 is 0.970 bits per heavy atom. The number of rotatable bonds is 5. The third-order valence-corrected chi connectivity index (χ3v) is 6.33. The molecule has 162 valence electrons. The number of aliphatic hydroxyl groups excluding tert-OH is 1. The van der Waals surface area contributed by atoms with Gasteiger partial charge in [0.05, 0.1) is 27.0 Å². The molecule has 0 spiro atoms. The molecule has 2 aromatic heterocycles. The zero-order valence-electron chi connectivity index (χ0n) is 17.8. The molecule has 0 radical (unpaired) electrons. The van der Waals surface area contributed by atoms with Gasteiger partial charge in [0.1, 0.15) is 16.5 Å². The van der Waals surface area contributed by atoms with Gasteiger partial charge in [0.15, 0.2) is 11.6 Å². The van der Waals surface area contributed by atoms with Crippen LogP contribution in [0.1, 0.15) is 12.7 Å². The van der Waals surface area contributed by atoms with Crippen molar-refractivity contribution in [2.75, 3.05) is 0 Å². The van der Waals surface area contributed by atoms with E-state index in [1.165, 1.54) is 0 Å². The number of phenols is 1. The van der Waals surface area contributed by atoms with Gasteiger partial charge < -0.3 is 10.2 Å². The third-order valence-electron chi connectivity index (χ3n) is 5.25. The van der Waals surface area contributed by atoms with Crippen molar-refractivity contribution in [2.45, 2.75) is 6.92 Å². The summed E-state index contributed by atoms with van der Waals surface area (Å²) in [6.07, 6.45) is 1.73. The minimum absolute atomic E-state index is 0.0808. The van der Waals surface area contributed by atoms with E-state index in [0.717, 1.165) is 26.5 Å². The number of fused-ring (bicyclic) bond motifs is 1. The van der Waals surface area contributed by atoms with Gasteiger partial charge in [0.25, 0.3) is 0 Å². The van der Waals surface area contributed by atoms with Gasteiger partial charge in [0, 0.05) is 5.56 Å². The highest BCUT2D eigenvalue weighted by molar-refractivity contribution is 7.21. The molecule has 2 heterocycles. The predicted octanol–water partition coefficient (Wildman–Crippen LogP) is 6.39. The van der Waals surface area contributed by atoms with E-state index in [0.29, 0.717) is 22.8 Å². The Hall–Kier alpha value is -4.23. The number of hydrogen-bond donors (Lipinski definition) is 2. The molecule has 0 saturated heterocycles. The SMILES string of the molecule is C=C(O)/C(=C\C)c1nc(-c2ccccc2O)nn1-c1ccc(-c2nc3ccccc3s2)cc1. The second-order valence-corrected chi connectivity index (χ2v) is 8.40. The molecule has 0 fully saturated rings. The lowest BCUT2D eigenvalue weighted by Crippen LogP contribution is -2.03. The van der Waals surface area contributed by atoms with Gasteiger partial charge in [-0.3, -0.25) is 0 Å². The predicted molar refractivity (Wildman–Crippen MR) is 132 cm³/mol. The molecule has 2 N–H and O–H groups in total.